The maximum atomic E-state index is 11.7. The molecule has 0 saturated carbocycles. The summed E-state index contributed by atoms with van der Waals surface area (Å²) in [6.07, 6.45) is 1.56. The van der Waals surface area contributed by atoms with E-state index in [-0.39, 0.29) is 6.61 Å². The minimum atomic E-state index is -0.396. The summed E-state index contributed by atoms with van der Waals surface area (Å²) in [5.41, 5.74) is 4.35. The van der Waals surface area contributed by atoms with Gasteiger partial charge in [0.2, 0.25) is 0 Å². The van der Waals surface area contributed by atoms with Gasteiger partial charge in [-0.25, -0.2) is 5.43 Å². The van der Waals surface area contributed by atoms with Gasteiger partial charge in [-0.3, -0.25) is 4.79 Å². The van der Waals surface area contributed by atoms with Crippen molar-refractivity contribution in [2.45, 2.75) is 0 Å². The van der Waals surface area contributed by atoms with Crippen molar-refractivity contribution in [1.82, 2.24) is 5.43 Å². The van der Waals surface area contributed by atoms with Gasteiger partial charge in [0.25, 0.3) is 5.91 Å². The summed E-state index contributed by atoms with van der Waals surface area (Å²) in [7, 11) is 3.94. The summed E-state index contributed by atoms with van der Waals surface area (Å²) in [5.74, 6) is -0.0465. The third-order valence-electron chi connectivity index (χ3n) is 3.06. The predicted molar refractivity (Wildman–Crippen MR) is 98.5 cm³/mol. The van der Waals surface area contributed by atoms with Gasteiger partial charge in [0, 0.05) is 30.9 Å². The zero-order chi connectivity index (χ0) is 17.5. The predicted octanol–water partition coefficient (Wildman–Crippen LogP) is 3.59. The largest absolute Gasteiger partial charge is 0.482 e. The molecule has 0 atom stereocenters. The Kier molecular flexibility index (Phi) is 6.46. The van der Waals surface area contributed by atoms with Crippen LogP contribution in [0.1, 0.15) is 5.56 Å². The van der Waals surface area contributed by atoms with Crippen LogP contribution in [-0.2, 0) is 4.79 Å². The van der Waals surface area contributed by atoms with Crippen molar-refractivity contribution in [2.75, 3.05) is 25.6 Å². The van der Waals surface area contributed by atoms with Crippen LogP contribution in [-0.4, -0.2) is 32.8 Å². The first kappa shape index (κ1) is 18.1. The zero-order valence-corrected chi connectivity index (χ0v) is 14.8. The molecule has 0 radical (unpaired) electrons. The second-order valence-corrected chi connectivity index (χ2v) is 5.99. The van der Waals surface area contributed by atoms with E-state index in [1.807, 2.05) is 43.3 Å². The molecule has 2 aromatic carbocycles. The minimum absolute atomic E-state index is 0.211. The van der Waals surface area contributed by atoms with Crippen LogP contribution in [0.5, 0.6) is 5.75 Å². The lowest BCUT2D eigenvalue weighted by Gasteiger charge is -2.11. The van der Waals surface area contributed by atoms with Gasteiger partial charge in [0.1, 0.15) is 5.75 Å². The molecule has 0 saturated heterocycles. The fraction of sp³-hybridized carbons (Fsp3) is 0.176. The third kappa shape index (κ3) is 5.44. The molecule has 0 heterocycles. The van der Waals surface area contributed by atoms with Crippen LogP contribution in [0.2, 0.25) is 10.0 Å². The van der Waals surface area contributed by atoms with E-state index in [0.29, 0.717) is 15.8 Å². The summed E-state index contributed by atoms with van der Waals surface area (Å²) in [6.45, 7) is -0.211. The van der Waals surface area contributed by atoms with Crippen LogP contribution >= 0.6 is 23.2 Å². The van der Waals surface area contributed by atoms with Gasteiger partial charge in [0.15, 0.2) is 6.61 Å². The minimum Gasteiger partial charge on any atom is -0.482 e. The molecule has 0 aliphatic heterocycles. The number of benzene rings is 2. The van der Waals surface area contributed by atoms with Crippen molar-refractivity contribution in [3.63, 3.8) is 0 Å². The van der Waals surface area contributed by atoms with Gasteiger partial charge in [-0.2, -0.15) is 5.10 Å². The number of amides is 1. The van der Waals surface area contributed by atoms with E-state index < -0.39 is 5.91 Å². The van der Waals surface area contributed by atoms with Crippen molar-refractivity contribution in [3.8, 4) is 5.75 Å². The third-order valence-corrected chi connectivity index (χ3v) is 3.61. The number of hydrogen-bond acceptors (Lipinski definition) is 4. The monoisotopic (exact) mass is 365 g/mol. The molecule has 1 amide bonds. The lowest BCUT2D eigenvalue weighted by atomic mass is 10.2. The molecule has 0 fully saturated rings. The SMILES string of the molecule is CN(C)c1ccc(C=NNC(=O)COc2cc(Cl)ccc2Cl)cc1. The van der Waals surface area contributed by atoms with E-state index in [1.165, 1.54) is 0 Å². The Labute approximate surface area is 150 Å². The second kappa shape index (κ2) is 8.57. The lowest BCUT2D eigenvalue weighted by Crippen LogP contribution is -2.24. The summed E-state index contributed by atoms with van der Waals surface area (Å²) in [6, 6.07) is 12.5. The smallest absolute Gasteiger partial charge is 0.277 e. The van der Waals surface area contributed by atoms with Crippen LogP contribution in [0, 0.1) is 0 Å². The molecular weight excluding hydrogens is 349 g/mol. The molecule has 7 heteroatoms. The van der Waals surface area contributed by atoms with Gasteiger partial charge in [-0.15, -0.1) is 0 Å². The topological polar surface area (TPSA) is 53.9 Å². The number of halogens is 2. The quantitative estimate of drug-likeness (QED) is 0.628. The lowest BCUT2D eigenvalue weighted by molar-refractivity contribution is -0.123. The maximum Gasteiger partial charge on any atom is 0.277 e. The van der Waals surface area contributed by atoms with E-state index in [9.17, 15) is 4.79 Å². The van der Waals surface area contributed by atoms with E-state index in [4.69, 9.17) is 27.9 Å². The molecule has 1 N–H and O–H groups in total. The number of hydrogen-bond donors (Lipinski definition) is 1. The summed E-state index contributed by atoms with van der Waals surface area (Å²) in [5, 5.41) is 4.76. The Morgan fingerprint density at radius 3 is 2.58 bits per heavy atom. The molecule has 2 rings (SSSR count). The van der Waals surface area contributed by atoms with Crippen LogP contribution in [0.25, 0.3) is 0 Å². The number of carbonyl (C=O) groups is 1. The number of rotatable bonds is 6. The number of ether oxygens (including phenoxy) is 1. The van der Waals surface area contributed by atoms with Crippen molar-refractivity contribution in [1.29, 1.82) is 0 Å². The highest BCUT2D eigenvalue weighted by molar-refractivity contribution is 6.34. The highest BCUT2D eigenvalue weighted by Crippen LogP contribution is 2.27. The first-order chi connectivity index (χ1) is 11.5. The normalized spacial score (nSPS) is 10.7. The summed E-state index contributed by atoms with van der Waals surface area (Å²) >= 11 is 11.8. The fourth-order valence-corrected chi connectivity index (χ4v) is 2.13. The molecule has 5 nitrogen and oxygen atoms in total. The molecule has 24 heavy (non-hydrogen) atoms. The van der Waals surface area contributed by atoms with Crippen molar-refractivity contribution >= 4 is 41.0 Å². The van der Waals surface area contributed by atoms with E-state index in [1.54, 1.807) is 24.4 Å². The van der Waals surface area contributed by atoms with Crippen molar-refractivity contribution in [2.24, 2.45) is 5.10 Å². The van der Waals surface area contributed by atoms with Gasteiger partial charge >= 0.3 is 0 Å². The Hall–Kier alpha value is -2.24. The first-order valence-corrected chi connectivity index (χ1v) is 7.88. The standard InChI is InChI=1S/C17H17Cl2N3O2/c1-22(2)14-6-3-12(4-7-14)10-20-21-17(23)11-24-16-9-13(18)5-8-15(16)19/h3-10H,11H2,1-2H3,(H,21,23). The number of hydrazone groups is 1. The van der Waals surface area contributed by atoms with Crippen molar-refractivity contribution < 1.29 is 9.53 Å². The number of nitrogens with one attached hydrogen (secondary N) is 1. The molecule has 0 spiro atoms. The van der Waals surface area contributed by atoms with Gasteiger partial charge in [0.05, 0.1) is 11.2 Å². The van der Waals surface area contributed by atoms with E-state index >= 15 is 0 Å². The zero-order valence-electron chi connectivity index (χ0n) is 13.3. The van der Waals surface area contributed by atoms with Crippen molar-refractivity contribution in [3.05, 3.63) is 58.1 Å². The van der Waals surface area contributed by atoms with E-state index in [0.717, 1.165) is 11.3 Å². The Bertz CT molecular complexity index is 731. The van der Waals surface area contributed by atoms with E-state index in [2.05, 4.69) is 10.5 Å². The van der Waals surface area contributed by atoms with Crippen LogP contribution in [0.3, 0.4) is 0 Å². The van der Waals surface area contributed by atoms with Gasteiger partial charge in [-0.1, -0.05) is 35.3 Å². The molecule has 126 valence electrons. The molecular formula is C17H17Cl2N3O2. The molecule has 0 aromatic heterocycles. The molecule has 0 unspecified atom stereocenters. The highest BCUT2D eigenvalue weighted by Gasteiger charge is 2.06. The van der Waals surface area contributed by atoms with Crippen LogP contribution < -0.4 is 15.1 Å². The molecule has 0 aliphatic carbocycles. The number of anilines is 1. The Morgan fingerprint density at radius 2 is 1.92 bits per heavy atom. The average molecular weight is 366 g/mol. The number of carbonyl (C=O) groups excluding carboxylic acids is 1. The fourth-order valence-electron chi connectivity index (χ4n) is 1.80. The summed E-state index contributed by atoms with van der Waals surface area (Å²) in [4.78, 5) is 13.7. The average Bonchev–Trinajstić information content (AvgIpc) is 2.56. The Balaban J connectivity index is 1.83. The first-order valence-electron chi connectivity index (χ1n) is 7.13. The van der Waals surface area contributed by atoms with Gasteiger partial charge in [-0.05, 0) is 29.8 Å². The van der Waals surface area contributed by atoms with Crippen LogP contribution in [0.15, 0.2) is 47.6 Å². The summed E-state index contributed by atoms with van der Waals surface area (Å²) < 4.78 is 5.32. The number of nitrogens with zero attached hydrogens (tertiary/aromatic N) is 2. The maximum absolute atomic E-state index is 11.7. The van der Waals surface area contributed by atoms with Gasteiger partial charge < -0.3 is 9.64 Å². The Morgan fingerprint density at radius 1 is 1.21 bits per heavy atom. The molecule has 2 aromatic rings. The second-order valence-electron chi connectivity index (χ2n) is 5.14. The molecule has 0 aliphatic rings. The highest BCUT2D eigenvalue weighted by atomic mass is 35.5. The molecule has 0 bridgehead atoms. The van der Waals surface area contributed by atoms with Crippen LogP contribution in [0.4, 0.5) is 5.69 Å².